The molecule has 1 aromatic rings. The van der Waals surface area contributed by atoms with Crippen LogP contribution in [0, 0.1) is 0 Å². The summed E-state index contributed by atoms with van der Waals surface area (Å²) in [5, 5.41) is 155. The van der Waals surface area contributed by atoms with E-state index in [0.717, 1.165) is 24.3 Å². The summed E-state index contributed by atoms with van der Waals surface area (Å²) in [5.41, 5.74) is 17.7. The molecule has 5 rings (SSSR count). The Morgan fingerprint density at radius 1 is 0.527 bits per heavy atom. The number of carboxylic acid groups (broad SMARTS) is 2. The standard InChI is InChI=1S/C38H52N10O26/c39-45-43-33-27(65)29(73-37-23(61)21(59)19(57)13(9-49)69-37)25(63)31(71-33)35(67)47(7-15(51)41-5-17(53)54)11-1-2-12(4-3-11)48(8-16(52)42-6-18(55)56)36(68)32-26(64)30(28(66)34(72-32)44-46-40)74-38-24(62)22(60)20(58)14(10-50)70-38/h1-4,13-14,19-34,37-38,49-50,57-66H,5-10H2,(H,41,51)(H,42,52)(H,53,54)(H,55,56)/t13-,14-,19-,20-,21+,22+,23+,24+,25+,26+,27-,28-,29+,30+,31+,32+,33-,34-,37-,38-/m1/s1. The summed E-state index contributed by atoms with van der Waals surface area (Å²) in [4.78, 5) is 83.9. The summed E-state index contributed by atoms with van der Waals surface area (Å²) in [6.07, 6.45) is -41.9. The molecule has 0 bridgehead atoms. The Bertz CT molecular complexity index is 2100. The van der Waals surface area contributed by atoms with Gasteiger partial charge in [-0.05, 0) is 35.3 Å². The van der Waals surface area contributed by atoms with Crippen LogP contribution in [0.25, 0.3) is 20.9 Å². The third kappa shape index (κ3) is 13.4. The van der Waals surface area contributed by atoms with E-state index in [9.17, 15) is 101 Å². The number of hydrogen-bond donors (Lipinski definition) is 16. The van der Waals surface area contributed by atoms with Crippen molar-refractivity contribution in [3.8, 4) is 0 Å². The highest BCUT2D eigenvalue weighted by atomic mass is 16.7. The number of aliphatic hydroxyl groups is 12. The molecular formula is C38H52N10O26. The van der Waals surface area contributed by atoms with Crippen LogP contribution in [0.4, 0.5) is 11.4 Å². The predicted molar refractivity (Wildman–Crippen MR) is 229 cm³/mol. The summed E-state index contributed by atoms with van der Waals surface area (Å²) in [7, 11) is 0. The van der Waals surface area contributed by atoms with Crippen molar-refractivity contribution < 1.29 is 129 Å². The van der Waals surface area contributed by atoms with Crippen molar-refractivity contribution in [1.82, 2.24) is 10.6 Å². The first-order valence-corrected chi connectivity index (χ1v) is 21.7. The monoisotopic (exact) mass is 1060 g/mol. The molecule has 4 aliphatic rings. The molecule has 0 radical (unpaired) electrons. The van der Waals surface area contributed by atoms with Gasteiger partial charge in [-0.2, -0.15) is 0 Å². The average Bonchev–Trinajstić information content (AvgIpc) is 3.37. The number of carboxylic acids is 2. The fourth-order valence-electron chi connectivity index (χ4n) is 7.85. The highest BCUT2D eigenvalue weighted by Crippen LogP contribution is 2.34. The number of carbonyl (C=O) groups is 6. The molecule has 0 saturated carbocycles. The number of carbonyl (C=O) groups excluding carboxylic acids is 4. The van der Waals surface area contributed by atoms with Gasteiger partial charge in [0.05, 0.1) is 13.2 Å². The highest BCUT2D eigenvalue weighted by Gasteiger charge is 2.55. The number of aliphatic hydroxyl groups excluding tert-OH is 12. The Hall–Kier alpha value is -6.06. The molecule has 4 heterocycles. The lowest BCUT2D eigenvalue weighted by molar-refractivity contribution is -0.338. The van der Waals surface area contributed by atoms with E-state index in [1.165, 1.54) is 0 Å². The Morgan fingerprint density at radius 2 is 0.865 bits per heavy atom. The number of amides is 4. The Labute approximate surface area is 413 Å². The number of nitrogens with zero attached hydrogens (tertiary/aromatic N) is 8. The van der Waals surface area contributed by atoms with Gasteiger partial charge < -0.3 is 120 Å². The van der Waals surface area contributed by atoms with Crippen LogP contribution in [0.1, 0.15) is 0 Å². The smallest absolute Gasteiger partial charge is 0.322 e. The average molecular weight is 1060 g/mol. The van der Waals surface area contributed by atoms with Crippen molar-refractivity contribution in [3.63, 3.8) is 0 Å². The van der Waals surface area contributed by atoms with Gasteiger partial charge in [-0.3, -0.25) is 28.8 Å². The molecule has 1 aromatic carbocycles. The number of hydrogen-bond acceptors (Lipinski definition) is 26. The van der Waals surface area contributed by atoms with E-state index in [1.807, 2.05) is 10.6 Å². The molecule has 20 atom stereocenters. The largest absolute Gasteiger partial charge is 0.480 e. The van der Waals surface area contributed by atoms with Gasteiger partial charge in [0.2, 0.25) is 11.8 Å². The SMILES string of the molecule is [N-]=[N+]=N[C@@H]1O[C@H](C(=O)N(CC(=O)NCC(=O)O)c2ccc(N(CC(=O)NCC(=O)O)C(=O)[C@H]3O[C@@H](N=[N+]=[N-])[C@H](O)[C@@H](O[C@H]4O[C@H](CO)[C@@H](O)[C@H](O)[C@@H]4O)[C@@H]3O)cc2)[C@@H](O)[C@H](O[C@H]2O[C@H](CO)[C@@H](O)[C@H](O)[C@@H]2O)[C@H]1O. The Balaban J connectivity index is 1.52. The molecule has 410 valence electrons. The molecule has 74 heavy (non-hydrogen) atoms. The van der Waals surface area contributed by atoms with Crippen LogP contribution in [-0.4, -0.2) is 269 Å². The first-order chi connectivity index (χ1) is 35.0. The molecule has 0 aromatic heterocycles. The van der Waals surface area contributed by atoms with E-state index in [1.54, 1.807) is 0 Å². The second-order valence-corrected chi connectivity index (χ2v) is 16.6. The second-order valence-electron chi connectivity index (χ2n) is 16.6. The summed E-state index contributed by atoms with van der Waals surface area (Å²) in [6.45, 7) is -6.15. The molecule has 4 amide bonds. The van der Waals surface area contributed by atoms with Gasteiger partial charge in [-0.1, -0.05) is 10.2 Å². The summed E-state index contributed by atoms with van der Waals surface area (Å²) in [6, 6.07) is 3.83. The molecule has 0 aliphatic carbocycles. The summed E-state index contributed by atoms with van der Waals surface area (Å²) < 4.78 is 32.5. The molecule has 0 spiro atoms. The maximum absolute atomic E-state index is 14.5. The lowest BCUT2D eigenvalue weighted by Crippen LogP contribution is -2.66. The van der Waals surface area contributed by atoms with Gasteiger partial charge in [0, 0.05) is 21.2 Å². The van der Waals surface area contributed by atoms with E-state index in [2.05, 4.69) is 20.1 Å². The van der Waals surface area contributed by atoms with E-state index >= 15 is 0 Å². The fraction of sp³-hybridized carbons (Fsp3) is 0.684. The Kier molecular flexibility index (Phi) is 20.6. The van der Waals surface area contributed by atoms with E-state index in [-0.39, 0.29) is 0 Å². The molecule has 0 unspecified atom stereocenters. The van der Waals surface area contributed by atoms with Gasteiger partial charge >= 0.3 is 11.9 Å². The minimum absolute atomic E-state index is 0.394. The van der Waals surface area contributed by atoms with Crippen LogP contribution in [0.15, 0.2) is 34.5 Å². The first-order valence-electron chi connectivity index (χ1n) is 21.7. The number of benzene rings is 1. The maximum Gasteiger partial charge on any atom is 0.322 e. The molecule has 36 nitrogen and oxygen atoms in total. The summed E-state index contributed by atoms with van der Waals surface area (Å²) in [5.74, 6) is -8.36. The maximum atomic E-state index is 14.5. The predicted octanol–water partition coefficient (Wildman–Crippen LogP) is -9.36. The molecule has 4 aliphatic heterocycles. The summed E-state index contributed by atoms with van der Waals surface area (Å²) >= 11 is 0. The van der Waals surface area contributed by atoms with Crippen molar-refractivity contribution in [3.05, 3.63) is 45.2 Å². The van der Waals surface area contributed by atoms with Crippen LogP contribution in [0.2, 0.25) is 0 Å². The number of rotatable bonds is 20. The quantitative estimate of drug-likeness (QED) is 0.0327. The zero-order valence-corrected chi connectivity index (χ0v) is 37.8. The van der Waals surface area contributed by atoms with Gasteiger partial charge in [-0.25, -0.2) is 0 Å². The molecule has 36 heteroatoms. The lowest BCUT2D eigenvalue weighted by Gasteiger charge is -2.45. The second kappa shape index (κ2) is 25.9. The number of ether oxygens (including phenoxy) is 6. The van der Waals surface area contributed by atoms with Crippen LogP contribution in [-0.2, 0) is 57.2 Å². The van der Waals surface area contributed by atoms with E-state index in [4.69, 9.17) is 38.6 Å². The normalized spacial score (nSPS) is 35.9. The van der Waals surface area contributed by atoms with Gasteiger partial charge in [0.1, 0.15) is 112 Å². The van der Waals surface area contributed by atoms with E-state index < -0.39 is 209 Å². The van der Waals surface area contributed by atoms with Gasteiger partial charge in [0.25, 0.3) is 11.8 Å². The minimum atomic E-state index is -2.39. The van der Waals surface area contributed by atoms with Crippen molar-refractivity contribution in [2.75, 3.05) is 49.2 Å². The van der Waals surface area contributed by atoms with Crippen molar-refractivity contribution in [2.45, 2.75) is 123 Å². The number of anilines is 2. The first kappa shape index (κ1) is 58.8. The third-order valence-electron chi connectivity index (χ3n) is 11.7. The highest BCUT2D eigenvalue weighted by molar-refractivity contribution is 6.04. The third-order valence-corrected chi connectivity index (χ3v) is 11.7. The van der Waals surface area contributed by atoms with Gasteiger partial charge in [-0.15, -0.1) is 0 Å². The minimum Gasteiger partial charge on any atom is -0.480 e. The number of nitrogens with one attached hydrogen (secondary N) is 2. The molecule has 16 N–H and O–H groups in total. The number of aliphatic carboxylic acids is 2. The van der Waals surface area contributed by atoms with Crippen LogP contribution >= 0.6 is 0 Å². The Morgan fingerprint density at radius 3 is 1.16 bits per heavy atom. The van der Waals surface area contributed by atoms with Gasteiger partial charge in [0.15, 0.2) is 37.2 Å². The lowest BCUT2D eigenvalue weighted by atomic mass is 9.95. The van der Waals surface area contributed by atoms with Crippen molar-refractivity contribution >= 4 is 46.9 Å². The zero-order chi connectivity index (χ0) is 54.9. The number of azide groups is 2. The fourth-order valence-corrected chi connectivity index (χ4v) is 7.85. The van der Waals surface area contributed by atoms with Crippen LogP contribution < -0.4 is 20.4 Å². The molecule has 4 saturated heterocycles. The van der Waals surface area contributed by atoms with Crippen LogP contribution in [0.3, 0.4) is 0 Å². The zero-order valence-electron chi connectivity index (χ0n) is 37.8. The molecule has 4 fully saturated rings. The topological polar surface area (TPSA) is 569 Å². The van der Waals surface area contributed by atoms with Crippen LogP contribution in [0.5, 0.6) is 0 Å². The molecular weight excluding hydrogens is 1010 g/mol. The van der Waals surface area contributed by atoms with Crippen molar-refractivity contribution in [1.29, 1.82) is 0 Å². The van der Waals surface area contributed by atoms with E-state index in [0.29, 0.717) is 9.80 Å². The van der Waals surface area contributed by atoms with Crippen molar-refractivity contribution in [2.24, 2.45) is 10.2 Å².